The Labute approximate surface area is 167 Å². The number of pyridine rings is 1. The summed E-state index contributed by atoms with van der Waals surface area (Å²) in [6.07, 6.45) is 3.51. The summed E-state index contributed by atoms with van der Waals surface area (Å²) < 4.78 is 0. The molecule has 1 aliphatic carbocycles. The Morgan fingerprint density at radius 2 is 1.96 bits per heavy atom. The maximum atomic E-state index is 12.1. The number of benzene rings is 2. The molecule has 1 aliphatic rings. The van der Waals surface area contributed by atoms with Gasteiger partial charge >= 0.3 is 5.97 Å². The van der Waals surface area contributed by atoms with Crippen molar-refractivity contribution in [1.29, 1.82) is 0 Å². The molecule has 27 heavy (non-hydrogen) atoms. The second-order valence-corrected chi connectivity index (χ2v) is 7.83. The molecule has 4 rings (SSSR count). The lowest BCUT2D eigenvalue weighted by Gasteiger charge is -2.26. The molecule has 1 atom stereocenters. The average Bonchev–Trinajstić information content (AvgIpc) is 2.62. The van der Waals surface area contributed by atoms with Crippen molar-refractivity contribution in [2.75, 3.05) is 0 Å². The zero-order valence-corrected chi connectivity index (χ0v) is 16.2. The molecular weight excluding hydrogens is 381 g/mol. The molecule has 0 spiro atoms. The quantitative estimate of drug-likeness (QED) is 0.546. The van der Waals surface area contributed by atoms with Gasteiger partial charge in [-0.25, -0.2) is 9.78 Å². The number of carbonyl (C=O) groups is 1. The maximum Gasteiger partial charge on any atom is 0.336 e. The van der Waals surface area contributed by atoms with Crippen molar-refractivity contribution in [2.24, 2.45) is 5.92 Å². The van der Waals surface area contributed by atoms with Gasteiger partial charge in [-0.05, 0) is 59.7 Å². The number of allylic oxidation sites excluding steroid dienone is 1. The number of carboxylic acid groups (broad SMARTS) is 1. The van der Waals surface area contributed by atoms with Gasteiger partial charge in [0.25, 0.3) is 0 Å². The number of aromatic nitrogens is 1. The molecule has 0 aliphatic heterocycles. The van der Waals surface area contributed by atoms with E-state index in [1.165, 1.54) is 0 Å². The average molecular weight is 398 g/mol. The summed E-state index contributed by atoms with van der Waals surface area (Å²) >= 11 is 12.3. The van der Waals surface area contributed by atoms with Gasteiger partial charge in [-0.15, -0.1) is 0 Å². The van der Waals surface area contributed by atoms with Crippen molar-refractivity contribution in [2.45, 2.75) is 19.8 Å². The van der Waals surface area contributed by atoms with Crippen molar-refractivity contribution in [1.82, 2.24) is 4.98 Å². The van der Waals surface area contributed by atoms with Crippen LogP contribution in [0.15, 0.2) is 42.5 Å². The third kappa shape index (κ3) is 3.33. The van der Waals surface area contributed by atoms with E-state index in [4.69, 9.17) is 28.2 Å². The Balaban J connectivity index is 1.99. The number of fused-ring (bicyclic) bond motifs is 2. The van der Waals surface area contributed by atoms with Gasteiger partial charge in [0.1, 0.15) is 0 Å². The number of rotatable bonds is 2. The Hall–Kier alpha value is -2.36. The van der Waals surface area contributed by atoms with E-state index in [-0.39, 0.29) is 0 Å². The van der Waals surface area contributed by atoms with Crippen molar-refractivity contribution in [3.63, 3.8) is 0 Å². The van der Waals surface area contributed by atoms with Crippen LogP contribution < -0.4 is 0 Å². The number of nitrogens with zero attached hydrogens (tertiary/aromatic N) is 1. The van der Waals surface area contributed by atoms with Gasteiger partial charge in [-0.1, -0.05) is 54.4 Å². The summed E-state index contributed by atoms with van der Waals surface area (Å²) in [7, 11) is 0. The molecule has 0 saturated carbocycles. The molecular formula is C22H17Cl2NO2. The van der Waals surface area contributed by atoms with E-state index >= 15 is 0 Å². The fourth-order valence-electron chi connectivity index (χ4n) is 3.79. The summed E-state index contributed by atoms with van der Waals surface area (Å²) in [6.45, 7) is 2.13. The third-order valence-corrected chi connectivity index (χ3v) is 5.49. The van der Waals surface area contributed by atoms with Crippen molar-refractivity contribution in [3.05, 3.63) is 74.9 Å². The summed E-state index contributed by atoms with van der Waals surface area (Å²) in [5.74, 6) is -0.598. The first-order valence-corrected chi connectivity index (χ1v) is 9.50. The molecule has 1 heterocycles. The van der Waals surface area contributed by atoms with E-state index in [0.29, 0.717) is 38.9 Å². The zero-order valence-electron chi connectivity index (χ0n) is 14.7. The lowest BCUT2D eigenvalue weighted by Crippen LogP contribution is -2.17. The minimum absolute atomic E-state index is 0.316. The number of aromatic carboxylic acids is 1. The maximum absolute atomic E-state index is 12.1. The minimum Gasteiger partial charge on any atom is -0.478 e. The van der Waals surface area contributed by atoms with Gasteiger partial charge in [0.2, 0.25) is 0 Å². The number of carboxylic acids is 1. The van der Waals surface area contributed by atoms with Crippen molar-refractivity contribution >= 4 is 51.7 Å². The fraction of sp³-hybridized carbons (Fsp3) is 0.182. The predicted octanol–water partition coefficient (Wildman–Crippen LogP) is 6.36. The SMILES string of the molecule is CC1C/C(=C\c2ccc(Cl)cc2Cl)c2nc3ccccc3c(C(=O)O)c2C1. The van der Waals surface area contributed by atoms with Gasteiger partial charge < -0.3 is 5.11 Å². The largest absolute Gasteiger partial charge is 0.478 e. The molecule has 0 fully saturated rings. The van der Waals surface area contributed by atoms with E-state index in [2.05, 4.69) is 6.92 Å². The third-order valence-electron chi connectivity index (χ3n) is 4.92. The van der Waals surface area contributed by atoms with Gasteiger partial charge in [0.05, 0.1) is 16.8 Å². The summed E-state index contributed by atoms with van der Waals surface area (Å²) in [5, 5.41) is 11.7. The first-order chi connectivity index (χ1) is 12.9. The molecule has 5 heteroatoms. The lowest BCUT2D eigenvalue weighted by molar-refractivity contribution is 0.0697. The van der Waals surface area contributed by atoms with Crippen LogP contribution >= 0.6 is 23.2 Å². The van der Waals surface area contributed by atoms with E-state index in [0.717, 1.165) is 28.8 Å². The first-order valence-electron chi connectivity index (χ1n) is 8.75. The second-order valence-electron chi connectivity index (χ2n) is 6.99. The van der Waals surface area contributed by atoms with E-state index in [1.807, 2.05) is 36.4 Å². The Morgan fingerprint density at radius 1 is 1.19 bits per heavy atom. The highest BCUT2D eigenvalue weighted by atomic mass is 35.5. The molecule has 1 N–H and O–H groups in total. The Bertz CT molecular complexity index is 1100. The highest BCUT2D eigenvalue weighted by Gasteiger charge is 2.28. The van der Waals surface area contributed by atoms with Crippen molar-refractivity contribution in [3.8, 4) is 0 Å². The molecule has 1 unspecified atom stereocenters. The topological polar surface area (TPSA) is 50.2 Å². The van der Waals surface area contributed by atoms with Gasteiger partial charge in [-0.3, -0.25) is 0 Å². The van der Waals surface area contributed by atoms with Gasteiger partial charge in [0, 0.05) is 15.4 Å². The Kier molecular flexibility index (Phi) is 4.67. The van der Waals surface area contributed by atoms with Gasteiger partial charge in [-0.2, -0.15) is 0 Å². The summed E-state index contributed by atoms with van der Waals surface area (Å²) in [4.78, 5) is 16.9. The van der Waals surface area contributed by atoms with Crippen LogP contribution in [0, 0.1) is 5.92 Å². The van der Waals surface area contributed by atoms with Crippen molar-refractivity contribution < 1.29 is 9.90 Å². The number of hydrogen-bond donors (Lipinski definition) is 1. The number of halogens is 2. The zero-order chi connectivity index (χ0) is 19.1. The highest BCUT2D eigenvalue weighted by Crippen LogP contribution is 2.39. The van der Waals surface area contributed by atoms with Gasteiger partial charge in [0.15, 0.2) is 0 Å². The molecule has 0 amide bonds. The van der Waals surface area contributed by atoms with Crippen LogP contribution in [0.2, 0.25) is 10.0 Å². The van der Waals surface area contributed by atoms with Crippen LogP contribution in [0.5, 0.6) is 0 Å². The standard InChI is InChI=1S/C22H17Cl2NO2/c1-12-8-14(10-13-6-7-15(23)11-18(13)24)21-17(9-12)20(22(26)27)16-4-2-3-5-19(16)25-21/h2-7,10-12H,8-9H2,1H3,(H,26,27)/b14-10+. The van der Waals surface area contributed by atoms with Crippen LogP contribution in [0.3, 0.4) is 0 Å². The van der Waals surface area contributed by atoms with Crippen LogP contribution in [-0.4, -0.2) is 16.1 Å². The lowest BCUT2D eigenvalue weighted by atomic mass is 9.80. The molecule has 0 saturated heterocycles. The molecule has 3 aromatic rings. The normalized spacial score (nSPS) is 17.9. The fourth-order valence-corrected chi connectivity index (χ4v) is 4.25. The number of hydrogen-bond acceptors (Lipinski definition) is 2. The molecule has 2 aromatic carbocycles. The van der Waals surface area contributed by atoms with Crippen LogP contribution in [-0.2, 0) is 6.42 Å². The summed E-state index contributed by atoms with van der Waals surface area (Å²) in [5.41, 5.74) is 4.46. The molecule has 3 nitrogen and oxygen atoms in total. The minimum atomic E-state index is -0.914. The van der Waals surface area contributed by atoms with Crippen LogP contribution in [0.4, 0.5) is 0 Å². The second kappa shape index (κ2) is 6.99. The molecule has 1 aromatic heterocycles. The number of para-hydroxylation sites is 1. The molecule has 136 valence electrons. The van der Waals surface area contributed by atoms with E-state index < -0.39 is 5.97 Å². The predicted molar refractivity (Wildman–Crippen MR) is 111 cm³/mol. The van der Waals surface area contributed by atoms with E-state index in [1.54, 1.807) is 12.1 Å². The van der Waals surface area contributed by atoms with E-state index in [9.17, 15) is 9.90 Å². The summed E-state index contributed by atoms with van der Waals surface area (Å²) in [6, 6.07) is 12.8. The Morgan fingerprint density at radius 3 is 2.70 bits per heavy atom. The first kappa shape index (κ1) is 18.0. The smallest absolute Gasteiger partial charge is 0.336 e. The highest BCUT2D eigenvalue weighted by molar-refractivity contribution is 6.35. The molecule has 0 radical (unpaired) electrons. The van der Waals surface area contributed by atoms with Crippen LogP contribution in [0.1, 0.15) is 40.5 Å². The van der Waals surface area contributed by atoms with Crippen LogP contribution in [0.25, 0.3) is 22.6 Å². The monoisotopic (exact) mass is 397 g/mol. The molecule has 0 bridgehead atoms.